The van der Waals surface area contributed by atoms with Crippen molar-refractivity contribution in [2.75, 3.05) is 13.1 Å². The smallest absolute Gasteiger partial charge is 0.312 e. The average molecular weight is 722 g/mol. The lowest BCUT2D eigenvalue weighted by Gasteiger charge is -2.63. The summed E-state index contributed by atoms with van der Waals surface area (Å²) in [5.41, 5.74) is 4.27. The molecular formula is C36H53F2N5O8. The van der Waals surface area contributed by atoms with Gasteiger partial charge in [-0.25, -0.2) is 13.6 Å². The van der Waals surface area contributed by atoms with Crippen molar-refractivity contribution >= 4 is 29.4 Å². The van der Waals surface area contributed by atoms with Crippen LogP contribution in [0.15, 0.2) is 23.8 Å². The SMILES string of the molecule is CCCC1O[C@@H]2C[C@H]3[C@@H]4C[C@H](F)C5=CC(=O)C=C[C@]5(C)[C@@]4(F)[C@@H](O)C[C@]3(C)[C@]2(C(=O)CNC(=O)[C@H](CCCNC(N)=O)NC(=O)[C@@H](N)C(C)C)O1. The number of carbonyl (C=O) groups excluding carboxylic acids is 5. The van der Waals surface area contributed by atoms with Crippen LogP contribution in [0.5, 0.6) is 0 Å². The lowest BCUT2D eigenvalue weighted by Crippen LogP contribution is -2.71. The molecule has 0 radical (unpaired) electrons. The van der Waals surface area contributed by atoms with Gasteiger partial charge in [-0.2, -0.15) is 0 Å². The Kier molecular flexibility index (Phi) is 10.9. The predicted octanol–water partition coefficient (Wildman–Crippen LogP) is 1.80. The normalized spacial score (nSPS) is 39.2. The molecule has 5 aliphatic rings. The summed E-state index contributed by atoms with van der Waals surface area (Å²) < 4.78 is 46.6. The number of hydrogen-bond acceptors (Lipinski definition) is 9. The second-order valence-electron chi connectivity index (χ2n) is 15.7. The van der Waals surface area contributed by atoms with Crippen LogP contribution in [-0.4, -0.2) is 95.6 Å². The number of ether oxygens (including phenoxy) is 2. The van der Waals surface area contributed by atoms with E-state index in [1.807, 2.05) is 6.92 Å². The topological polar surface area (TPSA) is 212 Å². The number of nitrogens with one attached hydrogen (secondary N) is 3. The van der Waals surface area contributed by atoms with Gasteiger partial charge in [0.15, 0.2) is 29.1 Å². The molecule has 0 aromatic carbocycles. The van der Waals surface area contributed by atoms with Gasteiger partial charge in [-0.3, -0.25) is 19.2 Å². The number of Topliss-reactive ketones (excluding diaryl/α,β-unsaturated/α-hetero) is 1. The maximum absolute atomic E-state index is 17.7. The highest BCUT2D eigenvalue weighted by Gasteiger charge is 2.80. The van der Waals surface area contributed by atoms with Crippen molar-refractivity contribution in [1.29, 1.82) is 0 Å². The van der Waals surface area contributed by atoms with Gasteiger partial charge in [-0.15, -0.1) is 0 Å². The number of carbonyl (C=O) groups is 5. The summed E-state index contributed by atoms with van der Waals surface area (Å²) in [4.78, 5) is 64.3. The second-order valence-corrected chi connectivity index (χ2v) is 15.7. The molecule has 4 amide bonds. The zero-order valence-electron chi connectivity index (χ0n) is 30.0. The summed E-state index contributed by atoms with van der Waals surface area (Å²) in [6, 6.07) is -2.75. The molecule has 0 aromatic rings. The van der Waals surface area contributed by atoms with Crippen LogP contribution in [0, 0.1) is 28.6 Å². The Balaban J connectivity index is 1.42. The molecule has 15 heteroatoms. The van der Waals surface area contributed by atoms with Gasteiger partial charge in [0.05, 0.1) is 24.8 Å². The third-order valence-corrected chi connectivity index (χ3v) is 12.4. The zero-order chi connectivity index (χ0) is 37.7. The summed E-state index contributed by atoms with van der Waals surface area (Å²) in [6.07, 6.45) is -0.124. The molecule has 51 heavy (non-hydrogen) atoms. The summed E-state index contributed by atoms with van der Waals surface area (Å²) >= 11 is 0. The van der Waals surface area contributed by atoms with Gasteiger partial charge in [0.25, 0.3) is 0 Å². The molecule has 8 N–H and O–H groups in total. The number of aliphatic hydroxyl groups excluding tert-OH is 1. The van der Waals surface area contributed by atoms with Crippen LogP contribution in [0.2, 0.25) is 0 Å². The lowest BCUT2D eigenvalue weighted by atomic mass is 9.44. The summed E-state index contributed by atoms with van der Waals surface area (Å²) in [7, 11) is 0. The van der Waals surface area contributed by atoms with Crippen molar-refractivity contribution in [3.05, 3.63) is 23.8 Å². The molecule has 0 bridgehead atoms. The molecule has 1 unspecified atom stereocenters. The van der Waals surface area contributed by atoms with Crippen molar-refractivity contribution in [3.8, 4) is 0 Å². The van der Waals surface area contributed by atoms with Gasteiger partial charge in [0, 0.05) is 23.3 Å². The van der Waals surface area contributed by atoms with Gasteiger partial charge < -0.3 is 42.0 Å². The van der Waals surface area contributed by atoms with Gasteiger partial charge in [-0.1, -0.05) is 40.2 Å². The van der Waals surface area contributed by atoms with Crippen LogP contribution in [-0.2, 0) is 28.7 Å². The zero-order valence-corrected chi connectivity index (χ0v) is 30.0. The Labute approximate surface area is 297 Å². The summed E-state index contributed by atoms with van der Waals surface area (Å²) in [5, 5.41) is 19.5. The number of alkyl halides is 2. The molecule has 1 saturated heterocycles. The maximum atomic E-state index is 17.7. The molecule has 0 aromatic heterocycles. The molecule has 0 spiro atoms. The van der Waals surface area contributed by atoms with Crippen LogP contribution < -0.4 is 27.4 Å². The predicted molar refractivity (Wildman–Crippen MR) is 181 cm³/mol. The summed E-state index contributed by atoms with van der Waals surface area (Å²) in [5.74, 6) is -4.17. The second kappa shape index (κ2) is 14.3. The van der Waals surface area contributed by atoms with Crippen molar-refractivity contribution < 1.29 is 47.3 Å². The molecule has 13 nitrogen and oxygen atoms in total. The fourth-order valence-electron chi connectivity index (χ4n) is 9.67. The van der Waals surface area contributed by atoms with Gasteiger partial charge in [0.1, 0.15) is 12.2 Å². The number of hydrogen-bond donors (Lipinski definition) is 6. The first-order valence-electron chi connectivity index (χ1n) is 18.1. The molecule has 4 fully saturated rings. The number of primary amides is 1. The lowest BCUT2D eigenvalue weighted by molar-refractivity contribution is -0.234. The van der Waals surface area contributed by atoms with E-state index in [0.717, 1.165) is 6.08 Å². The Morgan fingerprint density at radius 2 is 1.82 bits per heavy atom. The fraction of sp³-hybridized carbons (Fsp3) is 0.750. The third-order valence-electron chi connectivity index (χ3n) is 12.4. The van der Waals surface area contributed by atoms with Crippen LogP contribution >= 0.6 is 0 Å². The number of amides is 4. The third kappa shape index (κ3) is 6.31. The number of nitrogens with two attached hydrogens (primary N) is 2. The number of aliphatic hydroxyl groups is 1. The van der Waals surface area contributed by atoms with Crippen molar-refractivity contribution in [2.45, 2.75) is 128 Å². The molecule has 12 atom stereocenters. The first-order chi connectivity index (χ1) is 23.9. The van der Waals surface area contributed by atoms with Gasteiger partial charge >= 0.3 is 6.03 Å². The van der Waals surface area contributed by atoms with Gasteiger partial charge in [0.2, 0.25) is 11.8 Å². The maximum Gasteiger partial charge on any atom is 0.312 e. The number of halogens is 2. The number of urea groups is 1. The van der Waals surface area contributed by atoms with Crippen molar-refractivity contribution in [1.82, 2.24) is 16.0 Å². The highest BCUT2D eigenvalue weighted by atomic mass is 19.1. The molecule has 4 aliphatic carbocycles. The minimum absolute atomic E-state index is 0.00000909. The Morgan fingerprint density at radius 1 is 1.12 bits per heavy atom. The average Bonchev–Trinajstić information content (AvgIpc) is 3.54. The Hall–Kier alpha value is -3.27. The van der Waals surface area contributed by atoms with E-state index in [1.165, 1.54) is 19.1 Å². The van der Waals surface area contributed by atoms with E-state index in [-0.39, 0.29) is 50.1 Å². The summed E-state index contributed by atoms with van der Waals surface area (Å²) in [6.45, 7) is 8.31. The standard InChI is InChI=1S/C36H53F2N5O8/c1-6-8-28-50-27-15-20-21-14-23(37)22-13-19(44)10-11-33(22,4)35(21,38)25(45)16-34(20,5)36(27,51-28)26(46)17-42-30(47)24(9-7-12-41-32(40)49)43-31(48)29(39)18(2)3/h10-11,13,18,20-21,23-25,27-29,45H,6-9,12,14-17,39H2,1-5H3,(H,42,47)(H,43,48)(H3,40,41,49)/t20-,21-,23-,24-,25-,27+,28?,29-,33-,34-,35-,36+/m0/s1. The quantitative estimate of drug-likeness (QED) is 0.153. The number of rotatable bonds is 13. The number of ketones is 2. The van der Waals surface area contributed by atoms with Crippen LogP contribution in [0.25, 0.3) is 0 Å². The van der Waals surface area contributed by atoms with Crippen LogP contribution in [0.3, 0.4) is 0 Å². The van der Waals surface area contributed by atoms with E-state index in [9.17, 15) is 29.1 Å². The fourth-order valence-corrected chi connectivity index (χ4v) is 9.67. The highest BCUT2D eigenvalue weighted by molar-refractivity contribution is 6.01. The molecule has 1 aliphatic heterocycles. The van der Waals surface area contributed by atoms with Crippen LogP contribution in [0.1, 0.15) is 79.6 Å². The number of fused-ring (bicyclic) bond motifs is 7. The molecular weight excluding hydrogens is 668 g/mol. The number of allylic oxidation sites excluding steroid dienone is 4. The van der Waals surface area contributed by atoms with E-state index < -0.39 is 107 Å². The van der Waals surface area contributed by atoms with Crippen LogP contribution in [0.4, 0.5) is 13.6 Å². The minimum atomic E-state index is -2.35. The Bertz CT molecular complexity index is 1490. The molecule has 3 saturated carbocycles. The highest BCUT2D eigenvalue weighted by Crippen LogP contribution is 2.72. The first-order valence-corrected chi connectivity index (χ1v) is 18.1. The Morgan fingerprint density at radius 3 is 2.47 bits per heavy atom. The molecule has 5 rings (SSSR count). The van der Waals surface area contributed by atoms with E-state index in [2.05, 4.69) is 16.0 Å². The van der Waals surface area contributed by atoms with E-state index >= 15 is 8.78 Å². The van der Waals surface area contributed by atoms with Crippen molar-refractivity contribution in [2.24, 2.45) is 40.1 Å². The van der Waals surface area contributed by atoms with E-state index in [0.29, 0.717) is 12.8 Å². The first kappa shape index (κ1) is 38.9. The molecule has 284 valence electrons. The van der Waals surface area contributed by atoms with E-state index in [4.69, 9.17) is 20.9 Å². The minimum Gasteiger partial charge on any atom is -0.390 e. The largest absolute Gasteiger partial charge is 0.390 e. The monoisotopic (exact) mass is 721 g/mol. The molecule has 1 heterocycles. The van der Waals surface area contributed by atoms with Gasteiger partial charge in [-0.05, 0) is 75.0 Å². The van der Waals surface area contributed by atoms with E-state index in [1.54, 1.807) is 20.8 Å². The van der Waals surface area contributed by atoms with Crippen molar-refractivity contribution in [3.63, 3.8) is 0 Å².